The fourth-order valence-corrected chi connectivity index (χ4v) is 5.15. The van der Waals surface area contributed by atoms with Crippen LogP contribution in [0.1, 0.15) is 42.0 Å². The summed E-state index contributed by atoms with van der Waals surface area (Å²) in [5.74, 6) is 1.21. The lowest BCUT2D eigenvalue weighted by Gasteiger charge is -2.42. The fraction of sp³-hybridized carbons (Fsp3) is 0.500. The molecule has 0 bridgehead atoms. The van der Waals surface area contributed by atoms with Crippen LogP contribution in [0.15, 0.2) is 30.6 Å². The number of imidazole rings is 1. The van der Waals surface area contributed by atoms with E-state index in [4.69, 9.17) is 4.98 Å². The van der Waals surface area contributed by atoms with E-state index in [1.807, 2.05) is 24.7 Å². The zero-order valence-electron chi connectivity index (χ0n) is 18.7. The molecule has 2 aromatic heterocycles. The van der Waals surface area contributed by atoms with E-state index >= 15 is 0 Å². The molecule has 7 nitrogen and oxygen atoms in total. The van der Waals surface area contributed by atoms with E-state index in [2.05, 4.69) is 19.8 Å². The molecule has 4 heterocycles. The molecule has 0 unspecified atom stereocenters. The SMILES string of the molecule is Cc1nc(N2CCC(N3CCC[C@H](C(=O)c4nccn4C)C3)CC2)nc2ccc(F)cc12. The summed E-state index contributed by atoms with van der Waals surface area (Å²) >= 11 is 0. The molecule has 32 heavy (non-hydrogen) atoms. The predicted molar refractivity (Wildman–Crippen MR) is 121 cm³/mol. The molecule has 168 valence electrons. The Bertz CT molecular complexity index is 1140. The molecule has 0 spiro atoms. The van der Waals surface area contributed by atoms with E-state index in [1.165, 1.54) is 12.1 Å². The van der Waals surface area contributed by atoms with Gasteiger partial charge in [-0.05, 0) is 57.4 Å². The second-order valence-corrected chi connectivity index (χ2v) is 9.05. The van der Waals surface area contributed by atoms with Gasteiger partial charge >= 0.3 is 0 Å². The predicted octanol–water partition coefficient (Wildman–Crippen LogP) is 3.37. The molecule has 3 aromatic rings. The minimum absolute atomic E-state index is 0.0229. The summed E-state index contributed by atoms with van der Waals surface area (Å²) < 4.78 is 15.4. The van der Waals surface area contributed by atoms with Gasteiger partial charge in [0.15, 0.2) is 5.82 Å². The Morgan fingerprint density at radius 1 is 1.12 bits per heavy atom. The Morgan fingerprint density at radius 2 is 1.94 bits per heavy atom. The normalized spacial score (nSPS) is 20.7. The molecular formula is C24H29FN6O. The lowest BCUT2D eigenvalue weighted by molar-refractivity contribution is 0.0707. The second-order valence-electron chi connectivity index (χ2n) is 9.05. The number of hydrogen-bond donors (Lipinski definition) is 0. The van der Waals surface area contributed by atoms with E-state index in [-0.39, 0.29) is 17.5 Å². The third-order valence-corrected chi connectivity index (χ3v) is 6.97. The first-order chi connectivity index (χ1) is 15.5. The zero-order chi connectivity index (χ0) is 22.2. The van der Waals surface area contributed by atoms with Crippen molar-refractivity contribution < 1.29 is 9.18 Å². The Balaban J connectivity index is 1.24. The largest absolute Gasteiger partial charge is 0.341 e. The maximum Gasteiger partial charge on any atom is 0.226 e. The first-order valence-electron chi connectivity index (χ1n) is 11.4. The average Bonchev–Trinajstić information content (AvgIpc) is 3.25. The van der Waals surface area contributed by atoms with Crippen molar-refractivity contribution in [3.8, 4) is 0 Å². The van der Waals surface area contributed by atoms with Crippen LogP contribution < -0.4 is 4.90 Å². The number of anilines is 1. The van der Waals surface area contributed by atoms with E-state index in [1.54, 1.807) is 12.3 Å². The summed E-state index contributed by atoms with van der Waals surface area (Å²) in [6.45, 7) is 5.53. The number of hydrogen-bond acceptors (Lipinski definition) is 6. The minimum atomic E-state index is -0.265. The maximum atomic E-state index is 13.6. The van der Waals surface area contributed by atoms with Crippen molar-refractivity contribution in [3.05, 3.63) is 47.9 Å². The van der Waals surface area contributed by atoms with Crippen molar-refractivity contribution in [2.45, 2.75) is 38.6 Å². The lowest BCUT2D eigenvalue weighted by Crippen LogP contribution is -2.50. The molecule has 1 atom stereocenters. The van der Waals surface area contributed by atoms with Gasteiger partial charge in [-0.2, -0.15) is 0 Å². The molecule has 2 aliphatic heterocycles. The molecule has 8 heteroatoms. The molecule has 1 aromatic carbocycles. The van der Waals surface area contributed by atoms with Gasteiger partial charge in [0.1, 0.15) is 5.82 Å². The Labute approximate surface area is 187 Å². The van der Waals surface area contributed by atoms with E-state index < -0.39 is 0 Å². The zero-order valence-corrected chi connectivity index (χ0v) is 18.7. The number of halogens is 1. The number of carbonyl (C=O) groups is 1. The first-order valence-corrected chi connectivity index (χ1v) is 11.4. The molecule has 2 saturated heterocycles. The summed E-state index contributed by atoms with van der Waals surface area (Å²) in [7, 11) is 1.88. The van der Waals surface area contributed by atoms with Crippen LogP contribution in [0, 0.1) is 18.7 Å². The number of aromatic nitrogens is 4. The minimum Gasteiger partial charge on any atom is -0.341 e. The van der Waals surface area contributed by atoms with Gasteiger partial charge in [0.05, 0.1) is 11.2 Å². The Hall–Kier alpha value is -2.87. The molecule has 5 rings (SSSR count). The number of aryl methyl sites for hydroxylation is 2. The quantitative estimate of drug-likeness (QED) is 0.584. The summed E-state index contributed by atoms with van der Waals surface area (Å²) in [6.07, 6.45) is 7.55. The van der Waals surface area contributed by atoms with Crippen LogP contribution in [-0.4, -0.2) is 62.4 Å². The Kier molecular flexibility index (Phi) is 5.63. The van der Waals surface area contributed by atoms with Crippen molar-refractivity contribution in [3.63, 3.8) is 0 Å². The highest BCUT2D eigenvalue weighted by atomic mass is 19.1. The average molecular weight is 437 g/mol. The summed E-state index contributed by atoms with van der Waals surface area (Å²) in [4.78, 5) is 31.3. The second kappa shape index (κ2) is 8.58. The molecule has 2 fully saturated rings. The lowest BCUT2D eigenvalue weighted by atomic mass is 9.90. The molecule has 2 aliphatic rings. The van der Waals surface area contributed by atoms with Crippen LogP contribution >= 0.6 is 0 Å². The number of nitrogens with zero attached hydrogens (tertiary/aromatic N) is 6. The van der Waals surface area contributed by atoms with Gasteiger partial charge in [-0.1, -0.05) is 0 Å². The van der Waals surface area contributed by atoms with Crippen LogP contribution in [0.25, 0.3) is 10.9 Å². The van der Waals surface area contributed by atoms with Gasteiger partial charge in [-0.25, -0.2) is 19.3 Å². The van der Waals surface area contributed by atoms with Crippen molar-refractivity contribution >= 4 is 22.6 Å². The number of fused-ring (bicyclic) bond motifs is 1. The van der Waals surface area contributed by atoms with E-state index in [9.17, 15) is 9.18 Å². The van der Waals surface area contributed by atoms with Crippen molar-refractivity contribution in [1.29, 1.82) is 0 Å². The summed E-state index contributed by atoms with van der Waals surface area (Å²) in [5, 5.41) is 0.764. The van der Waals surface area contributed by atoms with E-state index in [0.717, 1.165) is 74.4 Å². The third-order valence-electron chi connectivity index (χ3n) is 6.97. The van der Waals surface area contributed by atoms with Gasteiger partial charge < -0.3 is 9.47 Å². The van der Waals surface area contributed by atoms with Crippen LogP contribution in [0.3, 0.4) is 0 Å². The third kappa shape index (κ3) is 3.99. The smallest absolute Gasteiger partial charge is 0.226 e. The number of likely N-dealkylation sites (tertiary alicyclic amines) is 1. The number of carbonyl (C=O) groups excluding carboxylic acids is 1. The highest BCUT2D eigenvalue weighted by Crippen LogP contribution is 2.28. The highest BCUT2D eigenvalue weighted by molar-refractivity contribution is 5.95. The molecule has 0 amide bonds. The summed E-state index contributed by atoms with van der Waals surface area (Å²) in [6, 6.07) is 5.14. The first kappa shape index (κ1) is 21.0. The highest BCUT2D eigenvalue weighted by Gasteiger charge is 2.33. The van der Waals surface area contributed by atoms with Crippen LogP contribution in [-0.2, 0) is 7.05 Å². The number of ketones is 1. The maximum absolute atomic E-state index is 13.6. The van der Waals surface area contributed by atoms with Gasteiger partial charge in [-0.3, -0.25) is 9.69 Å². The van der Waals surface area contributed by atoms with E-state index in [0.29, 0.717) is 11.9 Å². The fourth-order valence-electron chi connectivity index (χ4n) is 5.15. The number of rotatable bonds is 4. The number of piperidine rings is 2. The molecule has 0 saturated carbocycles. The van der Waals surface area contributed by atoms with Gasteiger partial charge in [0.2, 0.25) is 11.7 Å². The van der Waals surface area contributed by atoms with Crippen molar-refractivity contribution in [2.24, 2.45) is 13.0 Å². The molecule has 0 N–H and O–H groups in total. The van der Waals surface area contributed by atoms with Crippen molar-refractivity contribution in [1.82, 2.24) is 24.4 Å². The van der Waals surface area contributed by atoms with Crippen molar-refractivity contribution in [2.75, 3.05) is 31.1 Å². The number of benzene rings is 1. The standard InChI is InChI=1S/C24H29FN6O/c1-16-20-14-18(25)5-6-21(20)28-24(27-16)30-11-7-19(8-12-30)31-10-3-4-17(15-31)22(32)23-26-9-13-29(23)2/h5-6,9,13-14,17,19H,3-4,7-8,10-12,15H2,1-2H3/t17-/m0/s1. The molecular weight excluding hydrogens is 407 g/mol. The van der Waals surface area contributed by atoms with Crippen LogP contribution in [0.5, 0.6) is 0 Å². The monoisotopic (exact) mass is 436 g/mol. The van der Waals surface area contributed by atoms with Crippen LogP contribution in [0.2, 0.25) is 0 Å². The van der Waals surface area contributed by atoms with Crippen LogP contribution in [0.4, 0.5) is 10.3 Å². The Morgan fingerprint density at radius 3 is 2.69 bits per heavy atom. The topological polar surface area (TPSA) is 67.2 Å². The molecule has 0 aliphatic carbocycles. The van der Waals surface area contributed by atoms with Gasteiger partial charge in [-0.15, -0.1) is 0 Å². The van der Waals surface area contributed by atoms with Gasteiger partial charge in [0.25, 0.3) is 0 Å². The number of Topliss-reactive ketones (excluding diaryl/α,β-unsaturated/α-hetero) is 1. The molecule has 0 radical (unpaired) electrons. The van der Waals surface area contributed by atoms with Gasteiger partial charge in [0, 0.05) is 56.4 Å². The summed E-state index contributed by atoms with van der Waals surface area (Å²) in [5.41, 5.74) is 1.58.